The third-order valence-corrected chi connectivity index (χ3v) is 6.00. The van der Waals surface area contributed by atoms with E-state index in [0.717, 1.165) is 31.6 Å². The highest BCUT2D eigenvalue weighted by molar-refractivity contribution is 7.91. The fourth-order valence-corrected chi connectivity index (χ4v) is 4.71. The van der Waals surface area contributed by atoms with Crippen molar-refractivity contribution in [2.75, 3.05) is 5.75 Å². The molecule has 0 aromatic carbocycles. The first kappa shape index (κ1) is 11.2. The van der Waals surface area contributed by atoms with Crippen LogP contribution in [-0.4, -0.2) is 28.9 Å². The molecular weight excluding hydrogens is 238 g/mol. The SMILES string of the molecule is CC1CCc2nnc(C3CCCS3(=O)=O)n2C1. The van der Waals surface area contributed by atoms with Crippen LogP contribution in [0.25, 0.3) is 0 Å². The van der Waals surface area contributed by atoms with Crippen molar-refractivity contribution < 1.29 is 8.42 Å². The van der Waals surface area contributed by atoms with E-state index < -0.39 is 15.1 Å². The summed E-state index contributed by atoms with van der Waals surface area (Å²) < 4.78 is 25.9. The Balaban J connectivity index is 2.02. The Hall–Kier alpha value is -0.910. The van der Waals surface area contributed by atoms with Gasteiger partial charge < -0.3 is 4.57 Å². The Bertz CT molecular complexity index is 535. The van der Waals surface area contributed by atoms with Crippen molar-refractivity contribution in [1.82, 2.24) is 14.8 Å². The van der Waals surface area contributed by atoms with Gasteiger partial charge in [-0.3, -0.25) is 0 Å². The fourth-order valence-electron chi connectivity index (χ4n) is 2.83. The highest BCUT2D eigenvalue weighted by atomic mass is 32.2. The molecule has 1 fully saturated rings. The molecule has 1 aromatic rings. The van der Waals surface area contributed by atoms with Crippen molar-refractivity contribution in [2.24, 2.45) is 5.92 Å². The number of sulfone groups is 1. The molecule has 1 saturated heterocycles. The Kier molecular flexibility index (Phi) is 2.50. The van der Waals surface area contributed by atoms with Crippen molar-refractivity contribution in [3.63, 3.8) is 0 Å². The zero-order valence-corrected chi connectivity index (χ0v) is 10.8. The lowest BCUT2D eigenvalue weighted by atomic mass is 10.0. The van der Waals surface area contributed by atoms with Gasteiger partial charge in [0.2, 0.25) is 0 Å². The van der Waals surface area contributed by atoms with E-state index in [4.69, 9.17) is 0 Å². The summed E-state index contributed by atoms with van der Waals surface area (Å²) in [5.41, 5.74) is 0. The normalized spacial score (nSPS) is 31.4. The van der Waals surface area contributed by atoms with E-state index in [0.29, 0.717) is 23.9 Å². The second kappa shape index (κ2) is 3.80. The molecule has 6 heteroatoms. The second-order valence-corrected chi connectivity index (χ2v) is 7.53. The zero-order chi connectivity index (χ0) is 12.0. The maximum absolute atomic E-state index is 11.9. The predicted octanol–water partition coefficient (Wildman–Crippen LogP) is 1.11. The topological polar surface area (TPSA) is 64.8 Å². The van der Waals surface area contributed by atoms with E-state index in [1.54, 1.807) is 0 Å². The highest BCUT2D eigenvalue weighted by Gasteiger charge is 2.37. The number of aromatic nitrogens is 3. The molecule has 0 aliphatic carbocycles. The Morgan fingerprint density at radius 1 is 1.29 bits per heavy atom. The van der Waals surface area contributed by atoms with Crippen molar-refractivity contribution in [1.29, 1.82) is 0 Å². The molecule has 94 valence electrons. The van der Waals surface area contributed by atoms with E-state index in [1.165, 1.54) is 0 Å². The molecule has 2 aliphatic rings. The lowest BCUT2D eigenvalue weighted by molar-refractivity contribution is 0.384. The maximum atomic E-state index is 11.9. The lowest BCUT2D eigenvalue weighted by Gasteiger charge is -2.22. The number of fused-ring (bicyclic) bond motifs is 1. The molecule has 5 nitrogen and oxygen atoms in total. The summed E-state index contributed by atoms with van der Waals surface area (Å²) in [6.07, 6.45) is 3.50. The molecule has 0 saturated carbocycles. The number of aryl methyl sites for hydroxylation is 1. The van der Waals surface area contributed by atoms with Gasteiger partial charge >= 0.3 is 0 Å². The smallest absolute Gasteiger partial charge is 0.160 e. The van der Waals surface area contributed by atoms with Gasteiger partial charge in [0.25, 0.3) is 0 Å². The van der Waals surface area contributed by atoms with Gasteiger partial charge in [-0.1, -0.05) is 6.92 Å². The van der Waals surface area contributed by atoms with Crippen LogP contribution >= 0.6 is 0 Å². The zero-order valence-electron chi connectivity index (χ0n) is 9.96. The summed E-state index contributed by atoms with van der Waals surface area (Å²) in [5, 5.41) is 7.89. The minimum atomic E-state index is -2.98. The third-order valence-electron chi connectivity index (χ3n) is 3.83. The van der Waals surface area contributed by atoms with Crippen LogP contribution in [0.3, 0.4) is 0 Å². The minimum absolute atomic E-state index is 0.301. The molecular formula is C11H17N3O2S. The first-order valence-electron chi connectivity index (χ1n) is 6.21. The van der Waals surface area contributed by atoms with E-state index in [1.807, 2.05) is 4.57 Å². The third kappa shape index (κ3) is 1.78. The number of hydrogen-bond acceptors (Lipinski definition) is 4. The first-order valence-corrected chi connectivity index (χ1v) is 7.93. The minimum Gasteiger partial charge on any atom is -0.314 e. The number of hydrogen-bond donors (Lipinski definition) is 0. The Labute approximate surface area is 101 Å². The first-order chi connectivity index (χ1) is 8.08. The Morgan fingerprint density at radius 3 is 2.82 bits per heavy atom. The number of rotatable bonds is 1. The molecule has 2 unspecified atom stereocenters. The van der Waals surface area contributed by atoms with E-state index in [-0.39, 0.29) is 0 Å². The fraction of sp³-hybridized carbons (Fsp3) is 0.818. The summed E-state index contributed by atoms with van der Waals surface area (Å²) in [7, 11) is -2.98. The maximum Gasteiger partial charge on any atom is 0.160 e. The van der Waals surface area contributed by atoms with Crippen molar-refractivity contribution in [3.8, 4) is 0 Å². The van der Waals surface area contributed by atoms with Crippen molar-refractivity contribution >= 4 is 9.84 Å². The molecule has 3 rings (SSSR count). The molecule has 0 N–H and O–H groups in total. The monoisotopic (exact) mass is 255 g/mol. The van der Waals surface area contributed by atoms with E-state index in [9.17, 15) is 8.42 Å². The molecule has 0 bridgehead atoms. The summed E-state index contributed by atoms with van der Waals surface area (Å²) in [5.74, 6) is 2.53. The lowest BCUT2D eigenvalue weighted by Crippen LogP contribution is -2.22. The summed E-state index contributed by atoms with van der Waals surface area (Å²) in [4.78, 5) is 0. The highest BCUT2D eigenvalue weighted by Crippen LogP contribution is 2.35. The largest absolute Gasteiger partial charge is 0.314 e. The molecule has 2 aliphatic heterocycles. The van der Waals surface area contributed by atoms with Gasteiger partial charge in [-0.05, 0) is 25.2 Å². The predicted molar refractivity (Wildman–Crippen MR) is 63.3 cm³/mol. The van der Waals surface area contributed by atoms with Crippen LogP contribution in [0.2, 0.25) is 0 Å². The molecule has 1 aromatic heterocycles. The Morgan fingerprint density at radius 2 is 2.12 bits per heavy atom. The molecule has 2 atom stereocenters. The van der Waals surface area contributed by atoms with Crippen LogP contribution in [0.4, 0.5) is 0 Å². The number of nitrogens with zero attached hydrogens (tertiary/aromatic N) is 3. The van der Waals surface area contributed by atoms with Crippen LogP contribution in [0.5, 0.6) is 0 Å². The molecule has 0 amide bonds. The van der Waals surface area contributed by atoms with E-state index in [2.05, 4.69) is 17.1 Å². The van der Waals surface area contributed by atoms with Crippen molar-refractivity contribution in [3.05, 3.63) is 11.6 Å². The van der Waals surface area contributed by atoms with Crippen LogP contribution in [0.1, 0.15) is 43.1 Å². The summed E-state index contributed by atoms with van der Waals surface area (Å²) in [6, 6.07) is 0. The van der Waals surface area contributed by atoms with Gasteiger partial charge in [0.1, 0.15) is 11.1 Å². The molecule has 17 heavy (non-hydrogen) atoms. The molecule has 0 spiro atoms. The van der Waals surface area contributed by atoms with Crippen LogP contribution < -0.4 is 0 Å². The average molecular weight is 255 g/mol. The van der Waals surface area contributed by atoms with Gasteiger partial charge in [0.05, 0.1) is 5.75 Å². The van der Waals surface area contributed by atoms with Crippen LogP contribution in [-0.2, 0) is 22.8 Å². The molecule has 3 heterocycles. The quantitative estimate of drug-likeness (QED) is 0.754. The summed E-state index contributed by atoms with van der Waals surface area (Å²) >= 11 is 0. The standard InChI is InChI=1S/C11H17N3O2S/c1-8-4-5-10-12-13-11(14(10)7-8)9-3-2-6-17(9,15)16/h8-9H,2-7H2,1H3. The van der Waals surface area contributed by atoms with Gasteiger partial charge in [0.15, 0.2) is 15.7 Å². The molecule has 0 radical (unpaired) electrons. The van der Waals surface area contributed by atoms with Gasteiger partial charge in [-0.25, -0.2) is 8.42 Å². The summed E-state index contributed by atoms with van der Waals surface area (Å²) in [6.45, 7) is 3.06. The van der Waals surface area contributed by atoms with Gasteiger partial charge in [-0.2, -0.15) is 0 Å². The average Bonchev–Trinajstić information content (AvgIpc) is 2.80. The van der Waals surface area contributed by atoms with Crippen LogP contribution in [0, 0.1) is 5.92 Å². The van der Waals surface area contributed by atoms with Crippen molar-refractivity contribution in [2.45, 2.75) is 44.4 Å². The van der Waals surface area contributed by atoms with Crippen LogP contribution in [0.15, 0.2) is 0 Å². The second-order valence-electron chi connectivity index (χ2n) is 5.23. The van der Waals surface area contributed by atoms with Gasteiger partial charge in [0, 0.05) is 13.0 Å². The van der Waals surface area contributed by atoms with Gasteiger partial charge in [-0.15, -0.1) is 10.2 Å². The van der Waals surface area contributed by atoms with E-state index >= 15 is 0 Å².